The number of carboxylic acid groups (broad SMARTS) is 2. The van der Waals surface area contributed by atoms with Gasteiger partial charge in [-0.05, 0) is 24.8 Å². The molecule has 1 aromatic carbocycles. The van der Waals surface area contributed by atoms with E-state index in [2.05, 4.69) is 40.4 Å². The topological polar surface area (TPSA) is 271 Å². The van der Waals surface area contributed by atoms with E-state index in [4.69, 9.17) is 5.73 Å². The number of carbonyl (C=O) groups excluding carboxylic acids is 4. The van der Waals surface area contributed by atoms with Crippen molar-refractivity contribution in [3.8, 4) is 0 Å². The van der Waals surface area contributed by atoms with Gasteiger partial charge in [0.1, 0.15) is 11.8 Å². The Morgan fingerprint density at radius 2 is 1.62 bits per heavy atom. The molecule has 53 heavy (non-hydrogen) atoms. The Labute approximate surface area is 304 Å². The van der Waals surface area contributed by atoms with E-state index in [1.54, 1.807) is 24.3 Å². The maximum atomic E-state index is 12.9. The van der Waals surface area contributed by atoms with Crippen LogP contribution in [0.5, 0.6) is 0 Å². The Morgan fingerprint density at radius 3 is 2.28 bits per heavy atom. The second-order valence-electron chi connectivity index (χ2n) is 12.9. The molecule has 2 amide bonds. The number of fused-ring (bicyclic) bond motifs is 1. The fourth-order valence-electron chi connectivity index (χ4n) is 5.79. The van der Waals surface area contributed by atoms with E-state index in [0.29, 0.717) is 38.0 Å². The average molecular weight is 736 g/mol. The molecule has 3 heterocycles. The smallest absolute Gasteiger partial charge is 0.326 e. The summed E-state index contributed by atoms with van der Waals surface area (Å²) in [6, 6.07) is 5.09. The standard InChI is InChI=1S/C35H45N9O9/c1-2-25(45)20-44-15-13-43(14-16-44)12-11-37-29(48)18-26(34(52)53)40-28(47)10-8-23(33(50)51)17-27(46)22-6-3-21(4-7-22)5-9-24-19-38-31-30(39-24)32(49)42-35(36)41-31/h3-4,6-7,19,23,26H,2,5,8-18,20H2,1H3,(H,37,48)(H,40,47)(H,50,51)(H,52,53)(H3,36,38,41,42,49)/t23-,26+/m1/s1. The van der Waals surface area contributed by atoms with Gasteiger partial charge in [-0.1, -0.05) is 31.2 Å². The van der Waals surface area contributed by atoms with Crippen LogP contribution in [-0.2, 0) is 36.8 Å². The molecule has 0 radical (unpaired) electrons. The fraction of sp³-hybridized carbons (Fsp3) is 0.486. The van der Waals surface area contributed by atoms with Crippen LogP contribution < -0.4 is 21.9 Å². The number of benzene rings is 1. The number of nitrogens with one attached hydrogen (secondary N) is 3. The van der Waals surface area contributed by atoms with E-state index >= 15 is 0 Å². The van der Waals surface area contributed by atoms with Crippen LogP contribution in [0.15, 0.2) is 35.3 Å². The molecule has 1 saturated heterocycles. The number of hydrogen-bond acceptors (Lipinski definition) is 13. The fourth-order valence-corrected chi connectivity index (χ4v) is 5.79. The molecule has 2 aromatic heterocycles. The van der Waals surface area contributed by atoms with Crippen molar-refractivity contribution in [1.82, 2.24) is 40.4 Å². The first-order chi connectivity index (χ1) is 25.3. The van der Waals surface area contributed by atoms with Gasteiger partial charge in [0.25, 0.3) is 5.56 Å². The van der Waals surface area contributed by atoms with E-state index in [1.165, 1.54) is 6.20 Å². The Morgan fingerprint density at radius 1 is 0.925 bits per heavy atom. The highest BCUT2D eigenvalue weighted by atomic mass is 16.4. The Kier molecular flexibility index (Phi) is 14.6. The molecule has 0 bridgehead atoms. The van der Waals surface area contributed by atoms with Crippen molar-refractivity contribution in [3.63, 3.8) is 0 Å². The highest BCUT2D eigenvalue weighted by molar-refractivity contribution is 5.98. The molecule has 1 aliphatic heterocycles. The van der Waals surface area contributed by atoms with Crippen LogP contribution in [0.4, 0.5) is 5.95 Å². The molecule has 0 unspecified atom stereocenters. The first-order valence-corrected chi connectivity index (χ1v) is 17.4. The molecular formula is C35H45N9O9. The number of nitrogen functional groups attached to an aromatic ring is 1. The molecule has 1 aliphatic rings. The van der Waals surface area contributed by atoms with Gasteiger partial charge in [0, 0.05) is 64.1 Å². The van der Waals surface area contributed by atoms with Crippen molar-refractivity contribution in [2.24, 2.45) is 5.92 Å². The maximum Gasteiger partial charge on any atom is 0.326 e. The van der Waals surface area contributed by atoms with Crippen LogP contribution >= 0.6 is 0 Å². The minimum absolute atomic E-state index is 0.0571. The lowest BCUT2D eigenvalue weighted by Crippen LogP contribution is -2.50. The number of aliphatic carboxylic acids is 2. The number of H-pyrrole nitrogens is 1. The van der Waals surface area contributed by atoms with Gasteiger partial charge >= 0.3 is 11.9 Å². The number of amides is 2. The van der Waals surface area contributed by atoms with E-state index < -0.39 is 53.5 Å². The van der Waals surface area contributed by atoms with Crippen molar-refractivity contribution in [3.05, 3.63) is 57.6 Å². The predicted molar refractivity (Wildman–Crippen MR) is 191 cm³/mol. The van der Waals surface area contributed by atoms with Crippen LogP contribution in [0.1, 0.15) is 60.6 Å². The predicted octanol–water partition coefficient (Wildman–Crippen LogP) is -0.193. The zero-order valence-corrected chi connectivity index (χ0v) is 29.5. The summed E-state index contributed by atoms with van der Waals surface area (Å²) < 4.78 is 0. The van der Waals surface area contributed by atoms with E-state index in [0.717, 1.165) is 31.7 Å². The molecule has 0 spiro atoms. The Hall–Kier alpha value is -5.62. The lowest BCUT2D eigenvalue weighted by Gasteiger charge is -2.34. The van der Waals surface area contributed by atoms with Crippen LogP contribution in [-0.4, -0.2) is 127 Å². The van der Waals surface area contributed by atoms with Gasteiger partial charge in [0.05, 0.1) is 30.8 Å². The summed E-state index contributed by atoms with van der Waals surface area (Å²) in [6.07, 6.45) is 1.50. The molecule has 7 N–H and O–H groups in total. The molecule has 0 aliphatic carbocycles. The number of rotatable bonds is 20. The first kappa shape index (κ1) is 40.2. The molecule has 284 valence electrons. The zero-order valence-electron chi connectivity index (χ0n) is 29.5. The van der Waals surface area contributed by atoms with Crippen molar-refractivity contribution in [2.75, 3.05) is 51.5 Å². The minimum atomic E-state index is -1.52. The Bertz CT molecular complexity index is 1860. The number of aromatic nitrogens is 4. The largest absolute Gasteiger partial charge is 0.481 e. The van der Waals surface area contributed by atoms with Crippen molar-refractivity contribution in [2.45, 2.75) is 57.9 Å². The monoisotopic (exact) mass is 735 g/mol. The number of hydrogen-bond donors (Lipinski definition) is 6. The summed E-state index contributed by atoms with van der Waals surface area (Å²) in [4.78, 5) is 104. The molecule has 18 heteroatoms. The summed E-state index contributed by atoms with van der Waals surface area (Å²) in [6.45, 7) is 6.05. The van der Waals surface area contributed by atoms with Gasteiger partial charge in [-0.15, -0.1) is 0 Å². The van der Waals surface area contributed by atoms with Crippen LogP contribution in [0.2, 0.25) is 0 Å². The average Bonchev–Trinajstić information content (AvgIpc) is 3.12. The molecule has 2 atom stereocenters. The highest BCUT2D eigenvalue weighted by Crippen LogP contribution is 2.18. The van der Waals surface area contributed by atoms with Gasteiger partial charge < -0.3 is 26.6 Å². The summed E-state index contributed by atoms with van der Waals surface area (Å²) >= 11 is 0. The van der Waals surface area contributed by atoms with Crippen LogP contribution in [0.3, 0.4) is 0 Å². The summed E-state index contributed by atoms with van der Waals surface area (Å²) in [5.41, 5.74) is 6.95. The number of carbonyl (C=O) groups is 6. The summed E-state index contributed by atoms with van der Waals surface area (Å²) in [7, 11) is 0. The van der Waals surface area contributed by atoms with Crippen LogP contribution in [0.25, 0.3) is 11.2 Å². The van der Waals surface area contributed by atoms with Gasteiger partial charge in [-0.2, -0.15) is 4.98 Å². The molecule has 3 aromatic rings. The van der Waals surface area contributed by atoms with Gasteiger partial charge in [-0.3, -0.25) is 43.6 Å². The van der Waals surface area contributed by atoms with Gasteiger partial charge in [0.15, 0.2) is 16.9 Å². The first-order valence-electron chi connectivity index (χ1n) is 17.4. The number of nitrogens with zero attached hydrogens (tertiary/aromatic N) is 5. The lowest BCUT2D eigenvalue weighted by molar-refractivity contribution is -0.144. The van der Waals surface area contributed by atoms with Gasteiger partial charge in [0.2, 0.25) is 17.8 Å². The number of ketones is 2. The minimum Gasteiger partial charge on any atom is -0.481 e. The second-order valence-corrected chi connectivity index (χ2v) is 12.9. The molecule has 1 fully saturated rings. The third-order valence-corrected chi connectivity index (χ3v) is 8.96. The molecule has 18 nitrogen and oxygen atoms in total. The van der Waals surface area contributed by atoms with E-state index in [9.17, 15) is 43.8 Å². The van der Waals surface area contributed by atoms with E-state index in [-0.39, 0.29) is 54.3 Å². The van der Waals surface area contributed by atoms with E-state index in [1.807, 2.05) is 6.92 Å². The molecular weight excluding hydrogens is 690 g/mol. The normalized spacial score (nSPS) is 14.7. The summed E-state index contributed by atoms with van der Waals surface area (Å²) in [5.74, 6) is -5.52. The lowest BCUT2D eigenvalue weighted by atomic mass is 9.93. The second kappa shape index (κ2) is 19.3. The van der Waals surface area contributed by atoms with Crippen molar-refractivity contribution in [1.29, 1.82) is 0 Å². The van der Waals surface area contributed by atoms with Gasteiger partial charge in [-0.25, -0.2) is 14.8 Å². The quantitative estimate of drug-likeness (QED) is 0.0821. The van der Waals surface area contributed by atoms with Crippen molar-refractivity contribution >= 4 is 52.4 Å². The Balaban J connectivity index is 1.18. The third kappa shape index (κ3) is 12.5. The number of carboxylic acids is 2. The number of nitrogens with two attached hydrogens (primary N) is 1. The number of aryl methyl sites for hydroxylation is 2. The SMILES string of the molecule is CCC(=O)CN1CCN(CCNC(=O)C[C@H](NC(=O)CC[C@H](CC(=O)c2ccc(CCc3cnc4nc(N)[nH]c(=O)c4n3)cc2)C(=O)O)C(=O)O)CC1. The number of anilines is 1. The zero-order chi connectivity index (χ0) is 38.5. The van der Waals surface area contributed by atoms with Crippen molar-refractivity contribution < 1.29 is 39.0 Å². The number of aromatic amines is 1. The maximum absolute atomic E-state index is 12.9. The number of Topliss-reactive ketones (excluding diaryl/α,β-unsaturated/α-hetero) is 2. The molecule has 4 rings (SSSR count). The number of piperazine rings is 1. The summed E-state index contributed by atoms with van der Waals surface area (Å²) in [5, 5.41) is 24.3. The third-order valence-electron chi connectivity index (χ3n) is 8.96. The molecule has 0 saturated carbocycles. The highest BCUT2D eigenvalue weighted by Gasteiger charge is 2.27. The van der Waals surface area contributed by atoms with Crippen LogP contribution in [0, 0.1) is 5.92 Å².